The summed E-state index contributed by atoms with van der Waals surface area (Å²) in [6.07, 6.45) is 2.49. The highest BCUT2D eigenvalue weighted by Crippen LogP contribution is 2.14. The molecule has 0 aliphatic heterocycles. The predicted octanol–water partition coefficient (Wildman–Crippen LogP) is 2.61. The lowest BCUT2D eigenvalue weighted by molar-refractivity contribution is 0.223. The van der Waals surface area contributed by atoms with E-state index in [1.165, 1.54) is 0 Å². The third kappa shape index (κ3) is 4.61. The summed E-state index contributed by atoms with van der Waals surface area (Å²) in [7, 11) is 3.54. The minimum Gasteiger partial charge on any atom is -0.381 e. The highest BCUT2D eigenvalue weighted by Gasteiger charge is 2.13. The number of halogens is 1. The molecule has 0 saturated carbocycles. The van der Waals surface area contributed by atoms with Crippen molar-refractivity contribution in [3.63, 3.8) is 0 Å². The summed E-state index contributed by atoms with van der Waals surface area (Å²) in [5.41, 5.74) is 0.746. The van der Waals surface area contributed by atoms with Crippen LogP contribution in [0.5, 0.6) is 0 Å². The van der Waals surface area contributed by atoms with E-state index in [0.29, 0.717) is 13.0 Å². The molecule has 0 aromatic heterocycles. The van der Waals surface area contributed by atoms with Crippen molar-refractivity contribution >= 4 is 0 Å². The lowest BCUT2D eigenvalue weighted by atomic mass is 10.2. The van der Waals surface area contributed by atoms with Crippen molar-refractivity contribution in [2.45, 2.75) is 32.9 Å². The first-order valence-corrected chi connectivity index (χ1v) is 5.21. The van der Waals surface area contributed by atoms with E-state index in [1.807, 2.05) is 24.9 Å². The number of hydrogen-bond acceptors (Lipinski definition) is 2. The summed E-state index contributed by atoms with van der Waals surface area (Å²) >= 11 is 0. The third-order valence-corrected chi connectivity index (χ3v) is 2.14. The van der Waals surface area contributed by atoms with Gasteiger partial charge in [-0.2, -0.15) is 0 Å². The lowest BCUT2D eigenvalue weighted by Crippen LogP contribution is -2.25. The van der Waals surface area contributed by atoms with Crippen molar-refractivity contribution < 1.29 is 9.13 Å². The molecule has 84 valence electrons. The van der Waals surface area contributed by atoms with Gasteiger partial charge in [0.2, 0.25) is 0 Å². The van der Waals surface area contributed by atoms with Crippen LogP contribution in [0.25, 0.3) is 0 Å². The van der Waals surface area contributed by atoms with Gasteiger partial charge in [-0.05, 0) is 18.9 Å². The number of alkyl halides is 1. The van der Waals surface area contributed by atoms with Crippen LogP contribution in [0.4, 0.5) is 4.39 Å². The second-order valence-corrected chi connectivity index (χ2v) is 3.38. The maximum absolute atomic E-state index is 13.5. The Kier molecular flexibility index (Phi) is 7.48. The molecule has 2 nitrogen and oxygen atoms in total. The van der Waals surface area contributed by atoms with Gasteiger partial charge < -0.3 is 9.64 Å². The van der Waals surface area contributed by atoms with Gasteiger partial charge in [-0.25, -0.2) is 4.39 Å². The SMILES string of the molecule is CCCN(C)/C(=C/COC)C(F)CC. The van der Waals surface area contributed by atoms with E-state index in [9.17, 15) is 4.39 Å². The summed E-state index contributed by atoms with van der Waals surface area (Å²) in [4.78, 5) is 1.97. The van der Waals surface area contributed by atoms with Crippen LogP contribution < -0.4 is 0 Å². The van der Waals surface area contributed by atoms with Crippen molar-refractivity contribution in [3.8, 4) is 0 Å². The molecule has 0 aliphatic rings. The molecule has 0 aromatic rings. The molecule has 0 spiro atoms. The highest BCUT2D eigenvalue weighted by molar-refractivity contribution is 5.06. The van der Waals surface area contributed by atoms with Gasteiger partial charge in [0.25, 0.3) is 0 Å². The molecule has 14 heavy (non-hydrogen) atoms. The summed E-state index contributed by atoms with van der Waals surface area (Å²) in [5.74, 6) is 0. The van der Waals surface area contributed by atoms with Crippen LogP contribution in [0.1, 0.15) is 26.7 Å². The molecule has 0 aliphatic carbocycles. The molecular weight excluding hydrogens is 181 g/mol. The molecule has 0 bridgehead atoms. The van der Waals surface area contributed by atoms with Crippen molar-refractivity contribution in [1.82, 2.24) is 4.90 Å². The van der Waals surface area contributed by atoms with E-state index >= 15 is 0 Å². The molecule has 0 saturated heterocycles. The van der Waals surface area contributed by atoms with E-state index < -0.39 is 6.17 Å². The first-order chi connectivity index (χ1) is 6.67. The summed E-state index contributed by atoms with van der Waals surface area (Å²) in [6.45, 7) is 5.30. The fraction of sp³-hybridized carbons (Fsp3) is 0.818. The van der Waals surface area contributed by atoms with Crippen molar-refractivity contribution in [2.75, 3.05) is 27.3 Å². The number of rotatable bonds is 7. The quantitative estimate of drug-likeness (QED) is 0.630. The van der Waals surface area contributed by atoms with Gasteiger partial charge in [-0.1, -0.05) is 13.8 Å². The highest BCUT2D eigenvalue weighted by atomic mass is 19.1. The van der Waals surface area contributed by atoms with Gasteiger partial charge >= 0.3 is 0 Å². The van der Waals surface area contributed by atoms with Crippen LogP contribution in [-0.4, -0.2) is 38.4 Å². The zero-order valence-electron chi connectivity index (χ0n) is 9.72. The van der Waals surface area contributed by atoms with Gasteiger partial charge in [0, 0.05) is 26.4 Å². The molecule has 1 unspecified atom stereocenters. The minimum atomic E-state index is -0.873. The Balaban J connectivity index is 4.37. The third-order valence-electron chi connectivity index (χ3n) is 2.14. The van der Waals surface area contributed by atoms with E-state index in [0.717, 1.165) is 18.7 Å². The molecule has 0 rings (SSSR count). The zero-order valence-corrected chi connectivity index (χ0v) is 9.72. The van der Waals surface area contributed by atoms with Crippen LogP contribution in [0.3, 0.4) is 0 Å². The largest absolute Gasteiger partial charge is 0.381 e. The van der Waals surface area contributed by atoms with Crippen LogP contribution in [-0.2, 0) is 4.74 Å². The number of hydrogen-bond donors (Lipinski definition) is 0. The molecule has 0 fully saturated rings. The van der Waals surface area contributed by atoms with Crippen LogP contribution >= 0.6 is 0 Å². The van der Waals surface area contributed by atoms with Crippen molar-refractivity contribution in [2.24, 2.45) is 0 Å². The van der Waals surface area contributed by atoms with Gasteiger partial charge in [-0.3, -0.25) is 0 Å². The van der Waals surface area contributed by atoms with Gasteiger partial charge in [0.15, 0.2) is 0 Å². The second-order valence-electron chi connectivity index (χ2n) is 3.38. The van der Waals surface area contributed by atoms with E-state index in [-0.39, 0.29) is 0 Å². The number of allylic oxidation sites excluding steroid dienone is 1. The maximum Gasteiger partial charge on any atom is 0.139 e. The summed E-state index contributed by atoms with van der Waals surface area (Å²) in [6, 6.07) is 0. The first kappa shape index (κ1) is 13.4. The van der Waals surface area contributed by atoms with E-state index in [4.69, 9.17) is 4.74 Å². The fourth-order valence-corrected chi connectivity index (χ4v) is 1.37. The summed E-state index contributed by atoms with van der Waals surface area (Å²) < 4.78 is 18.5. The lowest BCUT2D eigenvalue weighted by Gasteiger charge is -2.24. The molecule has 3 heteroatoms. The van der Waals surface area contributed by atoms with E-state index in [2.05, 4.69) is 6.92 Å². The Labute approximate surface area is 86.7 Å². The molecule has 0 amide bonds. The van der Waals surface area contributed by atoms with Gasteiger partial charge in [0.05, 0.1) is 6.61 Å². The smallest absolute Gasteiger partial charge is 0.139 e. The monoisotopic (exact) mass is 203 g/mol. The molecule has 0 N–H and O–H groups in total. The van der Waals surface area contributed by atoms with Crippen LogP contribution in [0.2, 0.25) is 0 Å². The summed E-state index contributed by atoms with van der Waals surface area (Å²) in [5, 5.41) is 0. The first-order valence-electron chi connectivity index (χ1n) is 5.21. The topological polar surface area (TPSA) is 12.5 Å². The molecule has 0 aromatic carbocycles. The number of nitrogens with zero attached hydrogens (tertiary/aromatic N) is 1. The zero-order chi connectivity index (χ0) is 11.0. The number of ether oxygens (including phenoxy) is 1. The number of methoxy groups -OCH3 is 1. The van der Waals surface area contributed by atoms with Crippen molar-refractivity contribution in [1.29, 1.82) is 0 Å². The molecule has 0 radical (unpaired) electrons. The Hall–Kier alpha value is -0.570. The van der Waals surface area contributed by atoms with Crippen LogP contribution in [0, 0.1) is 0 Å². The Morgan fingerprint density at radius 2 is 2.14 bits per heavy atom. The second kappa shape index (κ2) is 7.80. The average Bonchev–Trinajstić information content (AvgIpc) is 2.18. The Morgan fingerprint density at radius 1 is 1.50 bits per heavy atom. The standard InChI is InChI=1S/C11H22FNO/c1-5-8-13(3)11(7-9-14-4)10(12)6-2/h7,10H,5-6,8-9H2,1-4H3/b11-7+. The molecule has 0 heterocycles. The Bertz CT molecular complexity index is 171. The fourth-order valence-electron chi connectivity index (χ4n) is 1.37. The minimum absolute atomic E-state index is 0.476. The maximum atomic E-state index is 13.5. The molecule has 1 atom stereocenters. The van der Waals surface area contributed by atoms with Gasteiger partial charge in [-0.15, -0.1) is 0 Å². The van der Waals surface area contributed by atoms with E-state index in [1.54, 1.807) is 7.11 Å². The van der Waals surface area contributed by atoms with Crippen molar-refractivity contribution in [3.05, 3.63) is 11.8 Å². The molecular formula is C11H22FNO. The van der Waals surface area contributed by atoms with Gasteiger partial charge in [0.1, 0.15) is 6.17 Å². The van der Waals surface area contributed by atoms with Crippen LogP contribution in [0.15, 0.2) is 11.8 Å². The predicted molar refractivity (Wildman–Crippen MR) is 58.1 cm³/mol. The normalized spacial score (nSPS) is 14.2. The Morgan fingerprint density at radius 3 is 2.57 bits per heavy atom. The average molecular weight is 203 g/mol.